The third-order valence-electron chi connectivity index (χ3n) is 1.79. The van der Waals surface area contributed by atoms with Gasteiger partial charge in [0.1, 0.15) is 5.69 Å². The van der Waals surface area contributed by atoms with Crippen LogP contribution in [0.15, 0.2) is 22.8 Å². The van der Waals surface area contributed by atoms with E-state index < -0.39 is 24.7 Å². The zero-order valence-electron chi connectivity index (χ0n) is 8.33. The Balaban J connectivity index is 2.53. The molecule has 8 heteroatoms. The molecule has 1 rings (SSSR count). The van der Waals surface area contributed by atoms with Crippen LogP contribution in [-0.4, -0.2) is 34.8 Å². The maximum Gasteiger partial charge on any atom is 0.416 e. The number of nitrogens with zero attached hydrogens (tertiary/aromatic N) is 1. The first-order valence-corrected chi connectivity index (χ1v) is 5.24. The maximum atomic E-state index is 11.9. The maximum absolute atomic E-state index is 11.9. The first-order valence-electron chi connectivity index (χ1n) is 4.45. The fourth-order valence-corrected chi connectivity index (χ4v) is 1.14. The first kappa shape index (κ1) is 13.9. The number of amides is 1. The van der Waals surface area contributed by atoms with Crippen molar-refractivity contribution in [1.29, 1.82) is 0 Å². The van der Waals surface area contributed by atoms with Crippen molar-refractivity contribution in [3.05, 3.63) is 28.5 Å². The molecule has 94 valence electrons. The Morgan fingerprint density at radius 3 is 2.65 bits per heavy atom. The zero-order chi connectivity index (χ0) is 13.1. The van der Waals surface area contributed by atoms with Crippen LogP contribution >= 0.6 is 15.9 Å². The minimum absolute atomic E-state index is 0.0254. The monoisotopic (exact) mass is 312 g/mol. The molecule has 0 fully saturated rings. The molecule has 17 heavy (non-hydrogen) atoms. The topological polar surface area (TPSA) is 62.2 Å². The molecule has 0 radical (unpaired) electrons. The van der Waals surface area contributed by atoms with Crippen LogP contribution in [0, 0.1) is 0 Å². The van der Waals surface area contributed by atoms with Crippen molar-refractivity contribution >= 4 is 21.8 Å². The van der Waals surface area contributed by atoms with Gasteiger partial charge < -0.3 is 10.4 Å². The molecule has 0 saturated carbocycles. The summed E-state index contributed by atoms with van der Waals surface area (Å²) in [7, 11) is 0. The van der Waals surface area contributed by atoms with Crippen molar-refractivity contribution < 1.29 is 23.1 Å². The molecule has 1 aromatic rings. The number of hydrogen-bond donors (Lipinski definition) is 2. The summed E-state index contributed by atoms with van der Waals surface area (Å²) in [6, 6.07) is 2.88. The largest absolute Gasteiger partial charge is 0.416 e. The van der Waals surface area contributed by atoms with Gasteiger partial charge in [-0.05, 0) is 28.1 Å². The van der Waals surface area contributed by atoms with E-state index in [4.69, 9.17) is 5.11 Å². The number of nitrogens with one attached hydrogen (secondary N) is 1. The second-order valence-corrected chi connectivity index (χ2v) is 4.04. The summed E-state index contributed by atoms with van der Waals surface area (Å²) in [6.45, 7) is -0.903. The lowest BCUT2D eigenvalue weighted by Crippen LogP contribution is -2.40. The number of carbonyl (C=O) groups is 1. The number of pyridine rings is 1. The molecule has 1 amide bonds. The lowest BCUT2D eigenvalue weighted by atomic mass is 10.3. The van der Waals surface area contributed by atoms with Crippen molar-refractivity contribution in [2.45, 2.75) is 12.3 Å². The summed E-state index contributed by atoms with van der Waals surface area (Å²) in [5.74, 6) is -0.777. The minimum Gasteiger partial charge on any atom is -0.382 e. The van der Waals surface area contributed by atoms with Crippen LogP contribution in [0.1, 0.15) is 10.5 Å². The van der Waals surface area contributed by atoms with E-state index in [9.17, 15) is 18.0 Å². The van der Waals surface area contributed by atoms with Crippen LogP contribution in [0.3, 0.4) is 0 Å². The SMILES string of the molecule is O=C(NCC(O)C(F)(F)F)c1ccc(Br)cn1. The number of aliphatic hydroxyl groups excluding tert-OH is 1. The number of alkyl halides is 3. The predicted molar refractivity (Wildman–Crippen MR) is 56.3 cm³/mol. The van der Waals surface area contributed by atoms with Crippen LogP contribution in [-0.2, 0) is 0 Å². The van der Waals surface area contributed by atoms with E-state index in [1.54, 1.807) is 0 Å². The molecule has 2 N–H and O–H groups in total. The Hall–Kier alpha value is -1.15. The standard InChI is InChI=1S/C9H8BrF3N2O2/c10-5-1-2-6(14-3-5)8(17)15-4-7(16)9(11,12)13/h1-3,7,16H,4H2,(H,15,17). The third kappa shape index (κ3) is 4.31. The summed E-state index contributed by atoms with van der Waals surface area (Å²) in [6.07, 6.45) is -5.99. The molecule has 0 aromatic carbocycles. The second-order valence-electron chi connectivity index (χ2n) is 3.13. The highest BCUT2D eigenvalue weighted by molar-refractivity contribution is 9.10. The Bertz CT molecular complexity index is 394. The van der Waals surface area contributed by atoms with Crippen molar-refractivity contribution in [3.8, 4) is 0 Å². The number of rotatable bonds is 3. The fourth-order valence-electron chi connectivity index (χ4n) is 0.906. The third-order valence-corrected chi connectivity index (χ3v) is 2.26. The molecular weight excluding hydrogens is 305 g/mol. The molecule has 0 spiro atoms. The second kappa shape index (κ2) is 5.46. The predicted octanol–water partition coefficient (Wildman–Crippen LogP) is 1.50. The Labute approximate surface area is 103 Å². The molecule has 1 atom stereocenters. The van der Waals surface area contributed by atoms with Gasteiger partial charge in [0, 0.05) is 10.7 Å². The van der Waals surface area contributed by atoms with Gasteiger partial charge in [-0.25, -0.2) is 4.98 Å². The Morgan fingerprint density at radius 1 is 1.53 bits per heavy atom. The van der Waals surface area contributed by atoms with Crippen LogP contribution in [0.25, 0.3) is 0 Å². The van der Waals surface area contributed by atoms with Crippen LogP contribution < -0.4 is 5.32 Å². The molecule has 0 aliphatic rings. The number of hydrogen-bond acceptors (Lipinski definition) is 3. The van der Waals surface area contributed by atoms with Crippen molar-refractivity contribution in [3.63, 3.8) is 0 Å². The van der Waals surface area contributed by atoms with E-state index in [1.165, 1.54) is 18.3 Å². The molecular formula is C9H8BrF3N2O2. The molecule has 0 aliphatic carbocycles. The number of carbonyl (C=O) groups excluding carboxylic acids is 1. The van der Waals surface area contributed by atoms with Gasteiger partial charge in [-0.15, -0.1) is 0 Å². The average Bonchev–Trinajstić information content (AvgIpc) is 2.25. The Kier molecular flexibility index (Phi) is 4.47. The van der Waals surface area contributed by atoms with Gasteiger partial charge in [0.2, 0.25) is 0 Å². The van der Waals surface area contributed by atoms with Gasteiger partial charge >= 0.3 is 6.18 Å². The fraction of sp³-hybridized carbons (Fsp3) is 0.333. The van der Waals surface area contributed by atoms with Crippen LogP contribution in [0.5, 0.6) is 0 Å². The Morgan fingerprint density at radius 2 is 2.18 bits per heavy atom. The highest BCUT2D eigenvalue weighted by Gasteiger charge is 2.38. The van der Waals surface area contributed by atoms with E-state index in [1.807, 2.05) is 5.32 Å². The van der Waals surface area contributed by atoms with Gasteiger partial charge in [-0.3, -0.25) is 4.79 Å². The summed E-state index contributed by atoms with van der Waals surface area (Å²) in [5, 5.41) is 10.6. The summed E-state index contributed by atoms with van der Waals surface area (Å²) < 4.78 is 36.4. The average molecular weight is 313 g/mol. The van der Waals surface area contributed by atoms with Gasteiger partial charge in [-0.2, -0.15) is 13.2 Å². The van der Waals surface area contributed by atoms with E-state index in [0.717, 1.165) is 0 Å². The van der Waals surface area contributed by atoms with E-state index in [2.05, 4.69) is 20.9 Å². The minimum atomic E-state index is -4.75. The summed E-state index contributed by atoms with van der Waals surface area (Å²) >= 11 is 3.10. The van der Waals surface area contributed by atoms with Gasteiger partial charge in [0.25, 0.3) is 5.91 Å². The van der Waals surface area contributed by atoms with E-state index in [0.29, 0.717) is 4.47 Å². The van der Waals surface area contributed by atoms with Gasteiger partial charge in [0.15, 0.2) is 6.10 Å². The molecule has 1 heterocycles. The molecule has 4 nitrogen and oxygen atoms in total. The highest BCUT2D eigenvalue weighted by Crippen LogP contribution is 2.19. The molecule has 0 bridgehead atoms. The van der Waals surface area contributed by atoms with Crippen LogP contribution in [0.2, 0.25) is 0 Å². The summed E-state index contributed by atoms with van der Waals surface area (Å²) in [4.78, 5) is 15.0. The van der Waals surface area contributed by atoms with Crippen LogP contribution in [0.4, 0.5) is 13.2 Å². The molecule has 1 aromatic heterocycles. The lowest BCUT2D eigenvalue weighted by molar-refractivity contribution is -0.201. The summed E-state index contributed by atoms with van der Waals surface area (Å²) in [5.41, 5.74) is -0.0254. The zero-order valence-corrected chi connectivity index (χ0v) is 9.92. The number of aliphatic hydroxyl groups is 1. The van der Waals surface area contributed by atoms with E-state index >= 15 is 0 Å². The highest BCUT2D eigenvalue weighted by atomic mass is 79.9. The molecule has 1 unspecified atom stereocenters. The number of halogens is 4. The van der Waals surface area contributed by atoms with Gasteiger partial charge in [-0.1, -0.05) is 0 Å². The molecule has 0 saturated heterocycles. The number of aromatic nitrogens is 1. The molecule has 0 aliphatic heterocycles. The van der Waals surface area contributed by atoms with Crippen molar-refractivity contribution in [2.75, 3.05) is 6.54 Å². The quantitative estimate of drug-likeness (QED) is 0.889. The smallest absolute Gasteiger partial charge is 0.382 e. The van der Waals surface area contributed by atoms with Crippen molar-refractivity contribution in [2.24, 2.45) is 0 Å². The normalized spacial score (nSPS) is 13.2. The van der Waals surface area contributed by atoms with Crippen molar-refractivity contribution in [1.82, 2.24) is 10.3 Å². The first-order chi connectivity index (χ1) is 7.80. The van der Waals surface area contributed by atoms with E-state index in [-0.39, 0.29) is 5.69 Å². The lowest BCUT2D eigenvalue weighted by Gasteiger charge is -2.14. The van der Waals surface area contributed by atoms with Gasteiger partial charge in [0.05, 0.1) is 6.54 Å².